The number of rotatable bonds is 7. The molecule has 198 valence electrons. The largest absolute Gasteiger partial charge is 0.327 e. The van der Waals surface area contributed by atoms with Gasteiger partial charge < -0.3 is 11.1 Å². The van der Waals surface area contributed by atoms with Crippen molar-refractivity contribution < 1.29 is 0 Å². The number of nitrogens with one attached hydrogen (secondary N) is 1. The van der Waals surface area contributed by atoms with Crippen molar-refractivity contribution in [2.75, 3.05) is 7.05 Å². The smallest absolute Gasteiger partial charge is 0.0406 e. The van der Waals surface area contributed by atoms with Gasteiger partial charge in [0.05, 0.1) is 0 Å². The lowest BCUT2D eigenvalue weighted by molar-refractivity contribution is 0.185. The number of likely N-dealkylation sites (N-methyl/N-ethyl adjacent to an activating group) is 1. The molecule has 2 unspecified atom stereocenters. The molecule has 3 N–H and O–H groups in total. The number of fused-ring (bicyclic) bond motifs is 1. The molecule has 3 aromatic carbocycles. The third-order valence-electron chi connectivity index (χ3n) is 8.81. The fourth-order valence-electron chi connectivity index (χ4n) is 6.11. The average Bonchev–Trinajstić information content (AvgIpc) is 2.79. The summed E-state index contributed by atoms with van der Waals surface area (Å²) in [5.41, 5.74) is 9.85. The highest BCUT2D eigenvalue weighted by Crippen LogP contribution is 2.48. The Hall–Kier alpha value is -1.29. The lowest BCUT2D eigenvalue weighted by atomic mass is 9.59. The van der Waals surface area contributed by atoms with Gasteiger partial charge in [-0.1, -0.05) is 92.4 Å². The number of halogens is 3. The van der Waals surface area contributed by atoms with Gasteiger partial charge in [-0.3, -0.25) is 0 Å². The van der Waals surface area contributed by atoms with E-state index in [1.54, 1.807) is 0 Å². The van der Waals surface area contributed by atoms with Gasteiger partial charge in [0.2, 0.25) is 0 Å². The molecule has 0 aliphatic heterocycles. The standard InChI is InChI=1S/C17H21N.C14H20ClN.2ClH/c1-13(18-2)17(10-5-11-17)16-9-8-14-6-3-4-7-15(14)12-16;1-2-4-13(16)14(9-3-10-14)11-5-7-12(15)8-6-11;;/h3-4,6-9,12-13,18H,5,10-11H2,1-2H3;5-8,13H,2-4,9-10,16H2,1H3;2*1H. The van der Waals surface area contributed by atoms with Crippen molar-refractivity contribution in [3.05, 3.63) is 82.9 Å². The zero-order chi connectivity index (χ0) is 24.2. The molecular weight excluding hydrogens is 507 g/mol. The van der Waals surface area contributed by atoms with Gasteiger partial charge in [-0.25, -0.2) is 0 Å². The lowest BCUT2D eigenvalue weighted by Crippen LogP contribution is -2.50. The maximum absolute atomic E-state index is 6.36. The molecule has 5 rings (SSSR count). The maximum Gasteiger partial charge on any atom is 0.0406 e. The van der Waals surface area contributed by atoms with E-state index in [0.29, 0.717) is 17.5 Å². The SMILES string of the molecule is CCCC(N)C1(c2ccc(Cl)cc2)CCC1.CNC(C)C1(c2ccc3ccccc3c2)CCC1.Cl.Cl. The van der Waals surface area contributed by atoms with Crippen LogP contribution in [0.1, 0.15) is 76.3 Å². The van der Waals surface area contributed by atoms with Crippen LogP contribution in [0.15, 0.2) is 66.7 Å². The van der Waals surface area contributed by atoms with E-state index in [0.717, 1.165) is 17.9 Å². The van der Waals surface area contributed by atoms with Crippen LogP contribution in [0.25, 0.3) is 10.8 Å². The number of hydrogen-bond acceptors (Lipinski definition) is 2. The molecule has 36 heavy (non-hydrogen) atoms. The van der Waals surface area contributed by atoms with Crippen molar-refractivity contribution in [2.45, 2.75) is 88.1 Å². The summed E-state index contributed by atoms with van der Waals surface area (Å²) in [5.74, 6) is 0. The molecule has 0 heterocycles. The molecular formula is C31H43Cl3N2. The van der Waals surface area contributed by atoms with E-state index in [2.05, 4.69) is 80.8 Å². The van der Waals surface area contributed by atoms with Gasteiger partial charge in [0.25, 0.3) is 0 Å². The number of benzene rings is 3. The first-order valence-electron chi connectivity index (χ1n) is 13.1. The topological polar surface area (TPSA) is 38.0 Å². The Morgan fingerprint density at radius 2 is 1.39 bits per heavy atom. The van der Waals surface area contributed by atoms with Gasteiger partial charge in [-0.2, -0.15) is 0 Å². The van der Waals surface area contributed by atoms with E-state index >= 15 is 0 Å². The quantitative estimate of drug-likeness (QED) is 0.309. The van der Waals surface area contributed by atoms with Crippen molar-refractivity contribution >= 4 is 47.2 Å². The van der Waals surface area contributed by atoms with E-state index in [9.17, 15) is 0 Å². The summed E-state index contributed by atoms with van der Waals surface area (Å²) in [7, 11) is 2.08. The molecule has 3 aromatic rings. The van der Waals surface area contributed by atoms with Crippen LogP contribution in [0.5, 0.6) is 0 Å². The predicted octanol–water partition coefficient (Wildman–Crippen LogP) is 8.60. The van der Waals surface area contributed by atoms with Crippen LogP contribution in [0, 0.1) is 0 Å². The normalized spacial score (nSPS) is 18.7. The van der Waals surface area contributed by atoms with Gasteiger partial charge in [-0.15, -0.1) is 24.8 Å². The van der Waals surface area contributed by atoms with Crippen molar-refractivity contribution in [1.82, 2.24) is 5.32 Å². The van der Waals surface area contributed by atoms with Crippen LogP contribution in [0.3, 0.4) is 0 Å². The minimum Gasteiger partial charge on any atom is -0.327 e. The zero-order valence-electron chi connectivity index (χ0n) is 21.9. The van der Waals surface area contributed by atoms with Crippen molar-refractivity contribution in [3.8, 4) is 0 Å². The first kappa shape index (κ1) is 30.9. The zero-order valence-corrected chi connectivity index (χ0v) is 24.3. The summed E-state index contributed by atoms with van der Waals surface area (Å²) < 4.78 is 0. The monoisotopic (exact) mass is 548 g/mol. The maximum atomic E-state index is 6.36. The second-order valence-electron chi connectivity index (χ2n) is 10.5. The molecule has 5 heteroatoms. The molecule has 0 spiro atoms. The molecule has 2 aliphatic rings. The summed E-state index contributed by atoms with van der Waals surface area (Å²) in [4.78, 5) is 0. The summed E-state index contributed by atoms with van der Waals surface area (Å²) >= 11 is 5.93. The summed E-state index contributed by atoms with van der Waals surface area (Å²) in [6.45, 7) is 4.52. The number of nitrogens with two attached hydrogens (primary N) is 1. The molecule has 0 bridgehead atoms. The molecule has 0 amide bonds. The van der Waals surface area contributed by atoms with E-state index in [1.807, 2.05) is 12.1 Å². The van der Waals surface area contributed by atoms with E-state index in [-0.39, 0.29) is 30.2 Å². The fourth-order valence-corrected chi connectivity index (χ4v) is 6.23. The highest BCUT2D eigenvalue weighted by atomic mass is 35.5. The highest BCUT2D eigenvalue weighted by Gasteiger charge is 2.43. The molecule has 0 radical (unpaired) electrons. The second-order valence-corrected chi connectivity index (χ2v) is 10.9. The van der Waals surface area contributed by atoms with Crippen LogP contribution in [-0.2, 0) is 10.8 Å². The molecule has 2 nitrogen and oxygen atoms in total. The van der Waals surface area contributed by atoms with Crippen molar-refractivity contribution in [3.63, 3.8) is 0 Å². The first-order valence-corrected chi connectivity index (χ1v) is 13.5. The molecule has 2 atom stereocenters. The van der Waals surface area contributed by atoms with Gasteiger partial charge in [-0.05, 0) is 80.1 Å². The summed E-state index contributed by atoms with van der Waals surface area (Å²) in [6.07, 6.45) is 10.0. The Labute approximate surface area is 235 Å². The molecule has 0 saturated heterocycles. The Morgan fingerprint density at radius 1 is 0.833 bits per heavy atom. The predicted molar refractivity (Wildman–Crippen MR) is 162 cm³/mol. The van der Waals surface area contributed by atoms with Crippen LogP contribution >= 0.6 is 36.4 Å². The Balaban J connectivity index is 0.000000242. The molecule has 0 aromatic heterocycles. The van der Waals surface area contributed by atoms with Crippen LogP contribution in [0.4, 0.5) is 0 Å². The minimum absolute atomic E-state index is 0. The number of hydrogen-bond donors (Lipinski definition) is 2. The highest BCUT2D eigenvalue weighted by molar-refractivity contribution is 6.30. The van der Waals surface area contributed by atoms with Gasteiger partial charge in [0.1, 0.15) is 0 Å². The van der Waals surface area contributed by atoms with Gasteiger partial charge in [0, 0.05) is 27.9 Å². The van der Waals surface area contributed by atoms with E-state index in [4.69, 9.17) is 17.3 Å². The van der Waals surface area contributed by atoms with Gasteiger partial charge in [0.15, 0.2) is 0 Å². The average molecular weight is 550 g/mol. The molecule has 2 fully saturated rings. The van der Waals surface area contributed by atoms with Crippen LogP contribution in [0.2, 0.25) is 5.02 Å². The van der Waals surface area contributed by atoms with Gasteiger partial charge >= 0.3 is 0 Å². The van der Waals surface area contributed by atoms with Crippen molar-refractivity contribution in [2.24, 2.45) is 5.73 Å². The van der Waals surface area contributed by atoms with E-state index < -0.39 is 0 Å². The third-order valence-corrected chi connectivity index (χ3v) is 9.06. The molecule has 2 saturated carbocycles. The Bertz CT molecular complexity index is 1070. The summed E-state index contributed by atoms with van der Waals surface area (Å²) in [5, 5.41) is 6.97. The van der Waals surface area contributed by atoms with E-state index in [1.165, 1.54) is 60.4 Å². The summed E-state index contributed by atoms with van der Waals surface area (Å²) in [6, 6.07) is 24.7. The molecule has 2 aliphatic carbocycles. The lowest BCUT2D eigenvalue weighted by Gasteiger charge is -2.47. The first-order chi connectivity index (χ1) is 16.4. The van der Waals surface area contributed by atoms with Crippen LogP contribution < -0.4 is 11.1 Å². The second kappa shape index (κ2) is 13.5. The fraction of sp³-hybridized carbons (Fsp3) is 0.484. The Morgan fingerprint density at radius 3 is 1.89 bits per heavy atom. The Kier molecular flexibility index (Phi) is 11.6. The third kappa shape index (κ3) is 6.05. The van der Waals surface area contributed by atoms with Crippen LogP contribution in [-0.4, -0.2) is 19.1 Å². The minimum atomic E-state index is 0. The van der Waals surface area contributed by atoms with Crippen molar-refractivity contribution in [1.29, 1.82) is 0 Å².